The maximum absolute atomic E-state index is 5.10. The molecule has 0 atom stereocenters. The van der Waals surface area contributed by atoms with Gasteiger partial charge in [0.15, 0.2) is 0 Å². The molecule has 0 aromatic rings. The molecule has 0 spiro atoms. The minimum absolute atomic E-state index is 0. The van der Waals surface area contributed by atoms with E-state index in [9.17, 15) is 0 Å². The molecular weight excluding hydrogens is 177 g/mol. The summed E-state index contributed by atoms with van der Waals surface area (Å²) in [5.74, 6) is 0. The fourth-order valence-corrected chi connectivity index (χ4v) is 0.580. The van der Waals surface area contributed by atoms with Gasteiger partial charge in [0.1, 0.15) is 0 Å². The first kappa shape index (κ1) is 8.80. The Labute approximate surface area is 75.4 Å². The van der Waals surface area contributed by atoms with Crippen LogP contribution in [0.4, 0.5) is 0 Å². The van der Waals surface area contributed by atoms with Gasteiger partial charge in [0.2, 0.25) is 0 Å². The molecule has 1 rings (SSSR count). The summed E-state index contributed by atoms with van der Waals surface area (Å²) in [4.78, 5) is 0. The van der Waals surface area contributed by atoms with Gasteiger partial charge in [0, 0.05) is 45.9 Å². The van der Waals surface area contributed by atoms with Crippen molar-refractivity contribution in [3.8, 4) is 0 Å². The van der Waals surface area contributed by atoms with Crippen LogP contribution < -0.4 is 0 Å². The van der Waals surface area contributed by atoms with Crippen LogP contribution in [0.3, 0.4) is 0 Å². The fraction of sp³-hybridized carbons (Fsp3) is 0.667. The molecule has 0 aromatic heterocycles. The first-order valence-electron chi connectivity index (χ1n) is 2.63. The summed E-state index contributed by atoms with van der Waals surface area (Å²) >= 11 is 0. The predicted octanol–water partition coefficient (Wildman–Crippen LogP) is 1.15. The second kappa shape index (κ2) is 5.93. The van der Waals surface area contributed by atoms with E-state index < -0.39 is 0 Å². The van der Waals surface area contributed by atoms with Gasteiger partial charge < -0.3 is 10.8 Å². The summed E-state index contributed by atoms with van der Waals surface area (Å²) in [5, 5.41) is 0. The van der Waals surface area contributed by atoms with Crippen molar-refractivity contribution in [3.05, 3.63) is 12.2 Å². The summed E-state index contributed by atoms with van der Waals surface area (Å²) in [5.41, 5.74) is 0. The predicted molar refractivity (Wildman–Crippen MR) is 27.9 cm³/mol. The van der Waals surface area contributed by atoms with Crippen molar-refractivity contribution in [3.63, 3.8) is 0 Å². The minimum Gasteiger partial charge on any atom is -0.498 e. The van der Waals surface area contributed by atoms with Crippen molar-refractivity contribution in [2.45, 2.75) is 12.8 Å². The van der Waals surface area contributed by atoms with Crippen LogP contribution in [-0.2, 0) is 37.4 Å². The number of hydrogen-bond acceptors (Lipinski definition) is 1. The molecule has 0 N–H and O–H groups in total. The summed E-state index contributed by atoms with van der Waals surface area (Å²) in [6, 6.07) is 0. The Morgan fingerprint density at radius 3 is 3.12 bits per heavy atom. The first-order chi connectivity index (χ1) is 3.50. The molecule has 0 bridgehead atoms. The van der Waals surface area contributed by atoms with Crippen LogP contribution in [0, 0.1) is 6.08 Å². The van der Waals surface area contributed by atoms with Gasteiger partial charge in [-0.1, -0.05) is 0 Å². The van der Waals surface area contributed by atoms with E-state index in [0.717, 1.165) is 26.1 Å². The summed E-state index contributed by atoms with van der Waals surface area (Å²) < 4.78 is 5.10. The zero-order valence-electron chi connectivity index (χ0n) is 4.89. The summed E-state index contributed by atoms with van der Waals surface area (Å²) in [7, 11) is 0. The van der Waals surface area contributed by atoms with Gasteiger partial charge >= 0.3 is 0 Å². The van der Waals surface area contributed by atoms with Crippen LogP contribution in [0.5, 0.6) is 0 Å². The van der Waals surface area contributed by atoms with Crippen LogP contribution in [0.15, 0.2) is 6.08 Å². The van der Waals surface area contributed by atoms with Crippen LogP contribution >= 0.6 is 0 Å². The minimum atomic E-state index is 0. The Bertz CT molecular complexity index is 62.9. The number of hydrogen-bond donors (Lipinski definition) is 0. The molecule has 1 aliphatic heterocycles. The molecule has 0 unspecified atom stereocenters. The zero-order valence-corrected chi connectivity index (χ0v) is 7.73. The molecule has 0 saturated heterocycles. The van der Waals surface area contributed by atoms with Gasteiger partial charge in [-0.25, -0.2) is 0 Å². The third-order valence-electron chi connectivity index (χ3n) is 0.942. The Kier molecular flexibility index (Phi) is 6.53. The monoisotopic (exact) mass is 186 g/mol. The average Bonchev–Trinajstić information content (AvgIpc) is 1.90. The molecule has 1 radical (unpaired) electrons. The Morgan fingerprint density at radius 2 is 2.25 bits per heavy atom. The average molecular weight is 186 g/mol. The SMILES string of the molecule is [C-]1=CCCOCC1.[Y]. The van der Waals surface area contributed by atoms with Gasteiger partial charge in [-0.15, -0.1) is 0 Å². The van der Waals surface area contributed by atoms with Crippen LogP contribution in [0.25, 0.3) is 0 Å². The van der Waals surface area contributed by atoms with E-state index in [2.05, 4.69) is 6.08 Å². The topological polar surface area (TPSA) is 9.23 Å². The van der Waals surface area contributed by atoms with E-state index in [1.807, 2.05) is 6.08 Å². The van der Waals surface area contributed by atoms with Crippen molar-refractivity contribution in [2.24, 2.45) is 0 Å². The zero-order chi connectivity index (χ0) is 4.95. The van der Waals surface area contributed by atoms with Crippen LogP contribution in [0.1, 0.15) is 12.8 Å². The normalized spacial score (nSPS) is 19.0. The number of ether oxygens (including phenoxy) is 1. The second-order valence-electron chi connectivity index (χ2n) is 1.56. The fourth-order valence-electron chi connectivity index (χ4n) is 0.580. The van der Waals surface area contributed by atoms with E-state index in [4.69, 9.17) is 4.74 Å². The molecule has 1 nitrogen and oxygen atoms in total. The van der Waals surface area contributed by atoms with Gasteiger partial charge in [-0.05, 0) is 6.42 Å². The van der Waals surface area contributed by atoms with E-state index in [0.29, 0.717) is 0 Å². The van der Waals surface area contributed by atoms with Crippen LogP contribution in [-0.4, -0.2) is 13.2 Å². The van der Waals surface area contributed by atoms with E-state index >= 15 is 0 Å². The quantitative estimate of drug-likeness (QED) is 0.515. The number of rotatable bonds is 0. The summed E-state index contributed by atoms with van der Waals surface area (Å²) in [6.07, 6.45) is 7.16. The third kappa shape index (κ3) is 3.76. The maximum atomic E-state index is 5.10. The van der Waals surface area contributed by atoms with Crippen molar-refractivity contribution in [1.29, 1.82) is 0 Å². The largest absolute Gasteiger partial charge is 0.498 e. The van der Waals surface area contributed by atoms with Crippen molar-refractivity contribution in [1.82, 2.24) is 0 Å². The molecule has 0 aromatic carbocycles. The summed E-state index contributed by atoms with van der Waals surface area (Å²) in [6.45, 7) is 1.74. The standard InChI is InChI=1S/C6H9O.Y/c1-2-4-6-7-5-3-1;/h1H,3-6H2;/q-1;. The van der Waals surface area contributed by atoms with Crippen LogP contribution in [0.2, 0.25) is 0 Å². The van der Waals surface area contributed by atoms with Gasteiger partial charge in [0.05, 0.1) is 0 Å². The smallest absolute Gasteiger partial charge is 0.0472 e. The Balaban J connectivity index is 0.000000490. The molecule has 0 fully saturated rings. The molecule has 8 heavy (non-hydrogen) atoms. The Morgan fingerprint density at radius 1 is 1.38 bits per heavy atom. The Hall–Kier alpha value is 0.804. The van der Waals surface area contributed by atoms with E-state index in [-0.39, 0.29) is 32.7 Å². The molecule has 1 aliphatic rings. The van der Waals surface area contributed by atoms with Gasteiger partial charge in [-0.2, -0.15) is 6.42 Å². The molecule has 0 aliphatic carbocycles. The molecule has 43 valence electrons. The third-order valence-corrected chi connectivity index (χ3v) is 0.942. The van der Waals surface area contributed by atoms with Gasteiger partial charge in [0.25, 0.3) is 0 Å². The van der Waals surface area contributed by atoms with Crippen molar-refractivity contribution >= 4 is 0 Å². The molecule has 0 saturated carbocycles. The molecular formula is C6H9OY-. The van der Waals surface area contributed by atoms with Crippen molar-refractivity contribution in [2.75, 3.05) is 13.2 Å². The van der Waals surface area contributed by atoms with Gasteiger partial charge in [-0.3, -0.25) is 6.08 Å². The van der Waals surface area contributed by atoms with E-state index in [1.165, 1.54) is 0 Å². The molecule has 2 heteroatoms. The van der Waals surface area contributed by atoms with E-state index in [1.54, 1.807) is 0 Å². The maximum Gasteiger partial charge on any atom is 0.0472 e. The first-order valence-corrected chi connectivity index (χ1v) is 2.63. The molecule has 1 heterocycles. The molecule has 0 amide bonds. The second-order valence-corrected chi connectivity index (χ2v) is 1.56. The van der Waals surface area contributed by atoms with Crippen molar-refractivity contribution < 1.29 is 37.4 Å².